The lowest BCUT2D eigenvalue weighted by Gasteiger charge is -2.11. The van der Waals surface area contributed by atoms with Crippen LogP contribution in [0.5, 0.6) is 5.75 Å². The molecule has 0 fully saturated rings. The SMILES string of the molecule is CSc1nc(Nc2ccc(OC(F)(F)F)cc2)c2c(=O)[nH]ccc2n1. The van der Waals surface area contributed by atoms with Crippen molar-refractivity contribution in [1.82, 2.24) is 15.0 Å². The number of H-pyrrole nitrogens is 1. The highest BCUT2D eigenvalue weighted by atomic mass is 32.2. The summed E-state index contributed by atoms with van der Waals surface area (Å²) in [5.41, 5.74) is 0.539. The zero-order valence-electron chi connectivity index (χ0n) is 12.7. The zero-order chi connectivity index (χ0) is 18.0. The van der Waals surface area contributed by atoms with Crippen LogP contribution in [0.1, 0.15) is 0 Å². The number of benzene rings is 1. The monoisotopic (exact) mass is 368 g/mol. The van der Waals surface area contributed by atoms with Crippen LogP contribution < -0.4 is 15.6 Å². The summed E-state index contributed by atoms with van der Waals surface area (Å²) < 4.78 is 40.4. The second-order valence-electron chi connectivity index (χ2n) is 4.82. The number of thioether (sulfide) groups is 1. The van der Waals surface area contributed by atoms with E-state index in [1.807, 2.05) is 0 Å². The number of hydrogen-bond donors (Lipinski definition) is 2. The van der Waals surface area contributed by atoms with E-state index in [4.69, 9.17) is 0 Å². The fraction of sp³-hybridized carbons (Fsp3) is 0.133. The summed E-state index contributed by atoms with van der Waals surface area (Å²) >= 11 is 1.30. The Morgan fingerprint density at radius 3 is 2.52 bits per heavy atom. The fourth-order valence-electron chi connectivity index (χ4n) is 2.13. The number of aromatic amines is 1. The molecule has 0 spiro atoms. The van der Waals surface area contributed by atoms with Gasteiger partial charge in [0.05, 0.1) is 5.52 Å². The Kier molecular flexibility index (Phi) is 4.53. The average Bonchev–Trinajstić information content (AvgIpc) is 2.55. The third-order valence-electron chi connectivity index (χ3n) is 3.13. The van der Waals surface area contributed by atoms with E-state index >= 15 is 0 Å². The van der Waals surface area contributed by atoms with Gasteiger partial charge in [0.2, 0.25) is 0 Å². The average molecular weight is 368 g/mol. The fourth-order valence-corrected chi connectivity index (χ4v) is 2.50. The van der Waals surface area contributed by atoms with Gasteiger partial charge in [0, 0.05) is 11.9 Å². The molecule has 0 radical (unpaired) electrons. The summed E-state index contributed by atoms with van der Waals surface area (Å²) in [6.07, 6.45) is -1.48. The van der Waals surface area contributed by atoms with Crippen LogP contribution >= 0.6 is 11.8 Å². The lowest BCUT2D eigenvalue weighted by molar-refractivity contribution is -0.274. The summed E-state index contributed by atoms with van der Waals surface area (Å²) in [6.45, 7) is 0. The van der Waals surface area contributed by atoms with Gasteiger partial charge in [-0.05, 0) is 36.6 Å². The number of rotatable bonds is 4. The lowest BCUT2D eigenvalue weighted by atomic mass is 10.2. The van der Waals surface area contributed by atoms with Gasteiger partial charge in [-0.15, -0.1) is 13.2 Å². The van der Waals surface area contributed by atoms with E-state index in [0.717, 1.165) is 0 Å². The van der Waals surface area contributed by atoms with Gasteiger partial charge >= 0.3 is 6.36 Å². The first-order valence-electron chi connectivity index (χ1n) is 6.92. The van der Waals surface area contributed by atoms with Crippen molar-refractivity contribution >= 4 is 34.2 Å². The number of aromatic nitrogens is 3. The van der Waals surface area contributed by atoms with Gasteiger partial charge in [0.15, 0.2) is 5.16 Å². The van der Waals surface area contributed by atoms with Crippen molar-refractivity contribution in [3.63, 3.8) is 0 Å². The van der Waals surface area contributed by atoms with Gasteiger partial charge in [0.1, 0.15) is 17.0 Å². The van der Waals surface area contributed by atoms with Gasteiger partial charge in [-0.1, -0.05) is 11.8 Å². The topological polar surface area (TPSA) is 79.9 Å². The summed E-state index contributed by atoms with van der Waals surface area (Å²) in [4.78, 5) is 23.1. The third-order valence-corrected chi connectivity index (χ3v) is 3.68. The number of pyridine rings is 1. The predicted octanol–water partition coefficient (Wildman–Crippen LogP) is 3.68. The normalized spacial score (nSPS) is 11.5. The van der Waals surface area contributed by atoms with Crippen molar-refractivity contribution in [2.45, 2.75) is 11.5 Å². The number of halogens is 3. The molecule has 2 heterocycles. The molecule has 1 aromatic carbocycles. The van der Waals surface area contributed by atoms with E-state index in [9.17, 15) is 18.0 Å². The molecule has 0 unspecified atom stereocenters. The van der Waals surface area contributed by atoms with Gasteiger partial charge in [-0.25, -0.2) is 9.97 Å². The third kappa shape index (κ3) is 4.02. The number of ether oxygens (including phenoxy) is 1. The molecule has 10 heteroatoms. The first-order valence-corrected chi connectivity index (χ1v) is 8.14. The smallest absolute Gasteiger partial charge is 0.406 e. The number of alkyl halides is 3. The van der Waals surface area contributed by atoms with E-state index in [1.165, 1.54) is 42.2 Å². The number of nitrogens with zero attached hydrogens (tertiary/aromatic N) is 2. The summed E-state index contributed by atoms with van der Waals surface area (Å²) in [6, 6.07) is 6.76. The molecule has 0 bridgehead atoms. The maximum atomic E-state index is 12.2. The van der Waals surface area contributed by atoms with Crippen LogP contribution in [0.3, 0.4) is 0 Å². The minimum Gasteiger partial charge on any atom is -0.406 e. The van der Waals surface area contributed by atoms with Crippen LogP contribution in [-0.4, -0.2) is 27.6 Å². The molecule has 3 rings (SSSR count). The van der Waals surface area contributed by atoms with Crippen molar-refractivity contribution in [2.24, 2.45) is 0 Å². The number of fused-ring (bicyclic) bond motifs is 1. The van der Waals surface area contributed by atoms with Crippen LogP contribution in [0, 0.1) is 0 Å². The molecule has 0 saturated carbocycles. The Balaban J connectivity index is 1.96. The zero-order valence-corrected chi connectivity index (χ0v) is 13.5. The minimum atomic E-state index is -4.75. The molecule has 0 aliphatic carbocycles. The summed E-state index contributed by atoms with van der Waals surface area (Å²) in [5, 5.41) is 3.65. The summed E-state index contributed by atoms with van der Waals surface area (Å²) in [5.74, 6) is -0.0751. The Morgan fingerprint density at radius 1 is 1.16 bits per heavy atom. The van der Waals surface area contributed by atoms with Crippen molar-refractivity contribution in [3.05, 3.63) is 46.9 Å². The molecular formula is C15H11F3N4O2S. The highest BCUT2D eigenvalue weighted by Crippen LogP contribution is 2.27. The Bertz CT molecular complexity index is 958. The Hall–Kier alpha value is -2.75. The molecule has 0 amide bonds. The van der Waals surface area contributed by atoms with Crippen molar-refractivity contribution < 1.29 is 17.9 Å². The quantitative estimate of drug-likeness (QED) is 0.540. The van der Waals surface area contributed by atoms with Crippen molar-refractivity contribution in [2.75, 3.05) is 11.6 Å². The first kappa shape index (κ1) is 17.1. The predicted molar refractivity (Wildman–Crippen MR) is 88.3 cm³/mol. The Labute approximate surface area is 143 Å². The second-order valence-corrected chi connectivity index (χ2v) is 5.60. The van der Waals surface area contributed by atoms with Crippen LogP contribution in [0.4, 0.5) is 24.7 Å². The second kappa shape index (κ2) is 6.63. The molecule has 2 N–H and O–H groups in total. The van der Waals surface area contributed by atoms with Gasteiger partial charge < -0.3 is 15.0 Å². The minimum absolute atomic E-state index is 0.260. The standard InChI is InChI=1S/C15H11F3N4O2S/c1-25-14-21-10-6-7-19-13(23)11(10)12(22-14)20-8-2-4-9(5-3-8)24-15(16,17)18/h2-7H,1H3,(H,19,23)(H,20,21,22). The molecular weight excluding hydrogens is 357 g/mol. The first-order chi connectivity index (χ1) is 11.9. The molecule has 6 nitrogen and oxygen atoms in total. The summed E-state index contributed by atoms with van der Waals surface area (Å²) in [7, 11) is 0. The number of anilines is 2. The number of hydrogen-bond acceptors (Lipinski definition) is 6. The van der Waals surface area contributed by atoms with Gasteiger partial charge in [-0.2, -0.15) is 0 Å². The van der Waals surface area contributed by atoms with Gasteiger partial charge in [-0.3, -0.25) is 4.79 Å². The Morgan fingerprint density at radius 2 is 1.88 bits per heavy atom. The van der Waals surface area contributed by atoms with E-state index in [2.05, 4.69) is 25.0 Å². The maximum Gasteiger partial charge on any atom is 0.573 e. The molecule has 25 heavy (non-hydrogen) atoms. The molecule has 0 aliphatic heterocycles. The number of nitrogens with one attached hydrogen (secondary N) is 2. The van der Waals surface area contributed by atoms with Crippen LogP contribution in [0.15, 0.2) is 46.5 Å². The van der Waals surface area contributed by atoms with Crippen LogP contribution in [0.25, 0.3) is 10.9 Å². The van der Waals surface area contributed by atoms with Crippen LogP contribution in [-0.2, 0) is 0 Å². The lowest BCUT2D eigenvalue weighted by Crippen LogP contribution is -2.17. The van der Waals surface area contributed by atoms with Crippen molar-refractivity contribution in [3.8, 4) is 5.75 Å². The molecule has 0 aliphatic rings. The molecule has 0 atom stereocenters. The van der Waals surface area contributed by atoms with E-state index in [1.54, 1.807) is 12.3 Å². The van der Waals surface area contributed by atoms with Gasteiger partial charge in [0.25, 0.3) is 5.56 Å². The molecule has 0 saturated heterocycles. The van der Waals surface area contributed by atoms with Crippen LogP contribution in [0.2, 0.25) is 0 Å². The van der Waals surface area contributed by atoms with Crippen molar-refractivity contribution in [1.29, 1.82) is 0 Å². The van der Waals surface area contributed by atoms with E-state index in [0.29, 0.717) is 16.4 Å². The highest BCUT2D eigenvalue weighted by molar-refractivity contribution is 7.98. The maximum absolute atomic E-state index is 12.2. The van der Waals surface area contributed by atoms with E-state index in [-0.39, 0.29) is 22.5 Å². The van der Waals surface area contributed by atoms with E-state index < -0.39 is 6.36 Å². The largest absolute Gasteiger partial charge is 0.573 e. The molecule has 3 aromatic rings. The highest BCUT2D eigenvalue weighted by Gasteiger charge is 2.30. The molecule has 130 valence electrons. The molecule has 2 aromatic heterocycles.